The molecule has 0 amide bonds. The Hall–Kier alpha value is -0.710. The number of methoxy groups -OCH3 is 1. The summed E-state index contributed by atoms with van der Waals surface area (Å²) in [6.07, 6.45) is 0. The number of halogens is 1. The minimum absolute atomic E-state index is 0.389. The van der Waals surface area contributed by atoms with Crippen molar-refractivity contribution in [2.75, 3.05) is 20.3 Å². The van der Waals surface area contributed by atoms with Crippen LogP contribution >= 0.6 is 11.6 Å². The minimum atomic E-state index is 0.389. The van der Waals surface area contributed by atoms with Crippen LogP contribution in [-0.2, 0) is 16.1 Å². The van der Waals surface area contributed by atoms with Crippen molar-refractivity contribution in [3.05, 3.63) is 23.0 Å². The molecule has 0 fully saturated rings. The minimum Gasteiger partial charge on any atom is -0.382 e. The molecule has 0 aliphatic carbocycles. The third-order valence-electron chi connectivity index (χ3n) is 1.37. The average molecular weight is 203 g/mol. The van der Waals surface area contributed by atoms with E-state index in [9.17, 15) is 0 Å². The fourth-order valence-corrected chi connectivity index (χ4v) is 0.840. The molecule has 0 bridgehead atoms. The van der Waals surface area contributed by atoms with Crippen LogP contribution in [-0.4, -0.2) is 30.5 Å². The Labute approximate surface area is 81.8 Å². The Morgan fingerprint density at radius 1 is 1.31 bits per heavy atom. The SMILES string of the molecule is COCCOCc1ccc(Cl)nn1. The number of hydrogen-bond acceptors (Lipinski definition) is 4. The Balaban J connectivity index is 2.25. The molecule has 0 saturated heterocycles. The maximum atomic E-state index is 5.56. The molecule has 1 aromatic rings. The number of aromatic nitrogens is 2. The summed E-state index contributed by atoms with van der Waals surface area (Å²) in [7, 11) is 1.63. The van der Waals surface area contributed by atoms with Gasteiger partial charge < -0.3 is 9.47 Å². The van der Waals surface area contributed by atoms with Crippen LogP contribution < -0.4 is 0 Å². The van der Waals surface area contributed by atoms with Gasteiger partial charge in [0.2, 0.25) is 0 Å². The number of rotatable bonds is 5. The van der Waals surface area contributed by atoms with Crippen molar-refractivity contribution in [3.63, 3.8) is 0 Å². The largest absolute Gasteiger partial charge is 0.382 e. The van der Waals surface area contributed by atoms with Gasteiger partial charge in [0.15, 0.2) is 5.15 Å². The highest BCUT2D eigenvalue weighted by Crippen LogP contribution is 2.02. The van der Waals surface area contributed by atoms with Crippen LogP contribution in [0.3, 0.4) is 0 Å². The van der Waals surface area contributed by atoms with Crippen molar-refractivity contribution in [1.29, 1.82) is 0 Å². The third-order valence-corrected chi connectivity index (χ3v) is 1.57. The fourth-order valence-electron chi connectivity index (χ4n) is 0.740. The molecule has 1 heterocycles. The molecule has 0 radical (unpaired) electrons. The average Bonchev–Trinajstić information content (AvgIpc) is 2.15. The van der Waals surface area contributed by atoms with Crippen LogP contribution in [0.5, 0.6) is 0 Å². The lowest BCUT2D eigenvalue weighted by molar-refractivity contribution is 0.0599. The van der Waals surface area contributed by atoms with Gasteiger partial charge in [0.05, 0.1) is 25.5 Å². The van der Waals surface area contributed by atoms with E-state index < -0.39 is 0 Å². The van der Waals surface area contributed by atoms with Gasteiger partial charge in [-0.15, -0.1) is 5.10 Å². The van der Waals surface area contributed by atoms with E-state index in [2.05, 4.69) is 10.2 Å². The first kappa shape index (κ1) is 10.4. The molecule has 1 rings (SSSR count). The summed E-state index contributed by atoms with van der Waals surface area (Å²) >= 11 is 5.56. The van der Waals surface area contributed by atoms with Gasteiger partial charge in [0, 0.05) is 7.11 Å². The van der Waals surface area contributed by atoms with E-state index in [-0.39, 0.29) is 0 Å². The summed E-state index contributed by atoms with van der Waals surface area (Å²) in [6, 6.07) is 3.46. The topological polar surface area (TPSA) is 44.2 Å². The van der Waals surface area contributed by atoms with Crippen molar-refractivity contribution in [2.45, 2.75) is 6.61 Å². The first-order valence-corrected chi connectivity index (χ1v) is 4.25. The van der Waals surface area contributed by atoms with Crippen LogP contribution in [0, 0.1) is 0 Å². The van der Waals surface area contributed by atoms with Crippen molar-refractivity contribution >= 4 is 11.6 Å². The van der Waals surface area contributed by atoms with Crippen molar-refractivity contribution in [2.24, 2.45) is 0 Å². The number of ether oxygens (including phenoxy) is 2. The summed E-state index contributed by atoms with van der Waals surface area (Å²) < 4.78 is 10.0. The van der Waals surface area contributed by atoms with Gasteiger partial charge in [0.1, 0.15) is 0 Å². The zero-order valence-electron chi connectivity index (χ0n) is 7.36. The van der Waals surface area contributed by atoms with Gasteiger partial charge in [-0.3, -0.25) is 0 Å². The molecule has 0 N–H and O–H groups in total. The van der Waals surface area contributed by atoms with Crippen LogP contribution in [0.1, 0.15) is 5.69 Å². The second-order valence-corrected chi connectivity index (χ2v) is 2.78. The maximum Gasteiger partial charge on any atom is 0.151 e. The van der Waals surface area contributed by atoms with Crippen LogP contribution in [0.4, 0.5) is 0 Å². The monoisotopic (exact) mass is 202 g/mol. The molecule has 0 saturated carbocycles. The quantitative estimate of drug-likeness (QED) is 0.675. The zero-order valence-corrected chi connectivity index (χ0v) is 8.12. The highest BCUT2D eigenvalue weighted by Gasteiger charge is 1.95. The molecule has 5 heteroatoms. The van der Waals surface area contributed by atoms with Crippen molar-refractivity contribution in [1.82, 2.24) is 10.2 Å². The van der Waals surface area contributed by atoms with Gasteiger partial charge in [-0.1, -0.05) is 11.6 Å². The van der Waals surface area contributed by atoms with E-state index in [1.54, 1.807) is 19.2 Å². The molecular weight excluding hydrogens is 192 g/mol. The van der Waals surface area contributed by atoms with Gasteiger partial charge in [0.25, 0.3) is 0 Å². The predicted molar refractivity (Wildman–Crippen MR) is 48.6 cm³/mol. The highest BCUT2D eigenvalue weighted by molar-refractivity contribution is 6.29. The lowest BCUT2D eigenvalue weighted by atomic mass is 10.4. The van der Waals surface area contributed by atoms with Crippen LogP contribution in [0.2, 0.25) is 5.15 Å². The summed E-state index contributed by atoms with van der Waals surface area (Å²) in [5.74, 6) is 0. The number of hydrogen-bond donors (Lipinski definition) is 0. The van der Waals surface area contributed by atoms with Gasteiger partial charge in [-0.2, -0.15) is 5.10 Å². The van der Waals surface area contributed by atoms with E-state index in [4.69, 9.17) is 21.1 Å². The Kier molecular flexibility index (Phi) is 4.67. The molecule has 1 aromatic heterocycles. The smallest absolute Gasteiger partial charge is 0.151 e. The van der Waals surface area contributed by atoms with Gasteiger partial charge in [-0.05, 0) is 12.1 Å². The fraction of sp³-hybridized carbons (Fsp3) is 0.500. The Bertz CT molecular complexity index is 240. The zero-order chi connectivity index (χ0) is 9.52. The molecule has 0 aliphatic rings. The molecule has 0 atom stereocenters. The van der Waals surface area contributed by atoms with Gasteiger partial charge in [-0.25, -0.2) is 0 Å². The Morgan fingerprint density at radius 3 is 2.77 bits per heavy atom. The summed E-state index contributed by atoms with van der Waals surface area (Å²) in [5.41, 5.74) is 0.764. The van der Waals surface area contributed by atoms with E-state index in [1.807, 2.05) is 0 Å². The van der Waals surface area contributed by atoms with Crippen molar-refractivity contribution in [3.8, 4) is 0 Å². The molecule has 0 aliphatic heterocycles. The molecule has 72 valence electrons. The number of nitrogens with zero attached hydrogens (tertiary/aromatic N) is 2. The molecule has 13 heavy (non-hydrogen) atoms. The first-order chi connectivity index (χ1) is 6.33. The third kappa shape index (κ3) is 4.17. The first-order valence-electron chi connectivity index (χ1n) is 3.87. The van der Waals surface area contributed by atoms with Gasteiger partial charge >= 0.3 is 0 Å². The lowest BCUT2D eigenvalue weighted by Gasteiger charge is -2.01. The molecule has 4 nitrogen and oxygen atoms in total. The molecule has 0 spiro atoms. The molecule has 0 unspecified atom stereocenters. The standard InChI is InChI=1S/C8H11ClN2O2/c1-12-4-5-13-6-7-2-3-8(9)11-10-7/h2-3H,4-6H2,1H3. The summed E-state index contributed by atoms with van der Waals surface area (Å²) in [5, 5.41) is 7.90. The normalized spacial score (nSPS) is 10.3. The van der Waals surface area contributed by atoms with E-state index in [0.717, 1.165) is 5.69 Å². The second-order valence-electron chi connectivity index (χ2n) is 2.39. The second kappa shape index (κ2) is 5.85. The van der Waals surface area contributed by atoms with Crippen LogP contribution in [0.25, 0.3) is 0 Å². The summed E-state index contributed by atoms with van der Waals surface area (Å²) in [4.78, 5) is 0. The van der Waals surface area contributed by atoms with Crippen molar-refractivity contribution < 1.29 is 9.47 Å². The molecule has 0 aromatic carbocycles. The van der Waals surface area contributed by atoms with E-state index in [0.29, 0.717) is 25.0 Å². The highest BCUT2D eigenvalue weighted by atomic mass is 35.5. The lowest BCUT2D eigenvalue weighted by Crippen LogP contribution is -2.03. The molecular formula is C8H11ClN2O2. The summed E-state index contributed by atoms with van der Waals surface area (Å²) in [6.45, 7) is 1.58. The van der Waals surface area contributed by atoms with Crippen LogP contribution in [0.15, 0.2) is 12.1 Å². The van der Waals surface area contributed by atoms with E-state index in [1.165, 1.54) is 0 Å². The Morgan fingerprint density at radius 2 is 2.15 bits per heavy atom. The predicted octanol–water partition coefficient (Wildman–Crippen LogP) is 1.29. The van der Waals surface area contributed by atoms with E-state index >= 15 is 0 Å². The maximum absolute atomic E-state index is 5.56.